The molecular weight excluding hydrogens is 522 g/mol. The van der Waals surface area contributed by atoms with Gasteiger partial charge in [-0.25, -0.2) is 9.69 Å². The van der Waals surface area contributed by atoms with Crippen molar-refractivity contribution in [1.82, 2.24) is 10.2 Å². The summed E-state index contributed by atoms with van der Waals surface area (Å²) in [6, 6.07) is 22.7. The summed E-state index contributed by atoms with van der Waals surface area (Å²) in [4.78, 5) is 54.5. The number of likely N-dealkylation sites (tertiary alicyclic amines) is 1. The second-order valence-corrected chi connectivity index (χ2v) is 10.3. The number of hydrogen-bond donors (Lipinski definition) is 1. The molecule has 2 saturated heterocycles. The van der Waals surface area contributed by atoms with Crippen LogP contribution < -0.4 is 15.0 Å². The number of hydrogen-bond acceptors (Lipinski definition) is 8. The standard InChI is InChI=1S/C32H33N3O6/c1-40-29-10-6-5-9-26(29)28(36)21-41-32(39)23-11-13-25(14-12-23)35-30(37)19-27(31(35)38)33-24-15-17-34(18-16-24)20-22-7-3-2-4-8-22/h2-14,24,27,33H,15-21H2,1H3. The molecule has 1 N–H and O–H groups in total. The predicted molar refractivity (Wildman–Crippen MR) is 153 cm³/mol. The number of benzene rings is 3. The predicted octanol–water partition coefficient (Wildman–Crippen LogP) is 3.62. The number of piperidine rings is 1. The number of methoxy groups -OCH3 is 1. The Kier molecular flexibility index (Phi) is 8.86. The molecule has 0 aliphatic carbocycles. The van der Waals surface area contributed by atoms with E-state index in [0.29, 0.717) is 17.0 Å². The lowest BCUT2D eigenvalue weighted by Crippen LogP contribution is -2.48. The van der Waals surface area contributed by atoms with Gasteiger partial charge in [0.15, 0.2) is 6.61 Å². The summed E-state index contributed by atoms with van der Waals surface area (Å²) in [5.41, 5.74) is 2.21. The van der Waals surface area contributed by atoms with Gasteiger partial charge in [-0.15, -0.1) is 0 Å². The zero-order valence-electron chi connectivity index (χ0n) is 23.0. The summed E-state index contributed by atoms with van der Waals surface area (Å²) in [7, 11) is 1.46. The summed E-state index contributed by atoms with van der Waals surface area (Å²) in [6.45, 7) is 2.31. The monoisotopic (exact) mass is 555 g/mol. The zero-order valence-corrected chi connectivity index (χ0v) is 23.0. The molecule has 1 atom stereocenters. The second kappa shape index (κ2) is 12.9. The highest BCUT2D eigenvalue weighted by molar-refractivity contribution is 6.22. The Hall–Kier alpha value is -4.34. The van der Waals surface area contributed by atoms with Crippen molar-refractivity contribution < 1.29 is 28.7 Å². The molecule has 0 aromatic heterocycles. The molecule has 41 heavy (non-hydrogen) atoms. The van der Waals surface area contributed by atoms with E-state index in [1.54, 1.807) is 36.4 Å². The van der Waals surface area contributed by atoms with Crippen LogP contribution in [0.15, 0.2) is 78.9 Å². The topological polar surface area (TPSA) is 105 Å². The van der Waals surface area contributed by atoms with Gasteiger partial charge in [0, 0.05) is 12.6 Å². The van der Waals surface area contributed by atoms with Crippen molar-refractivity contribution in [3.05, 3.63) is 95.6 Å². The fraction of sp³-hybridized carbons (Fsp3) is 0.312. The van der Waals surface area contributed by atoms with E-state index < -0.39 is 18.6 Å². The smallest absolute Gasteiger partial charge is 0.338 e. The number of ketones is 1. The van der Waals surface area contributed by atoms with Crippen molar-refractivity contribution in [2.75, 3.05) is 31.7 Å². The van der Waals surface area contributed by atoms with Gasteiger partial charge in [-0.05, 0) is 67.9 Å². The normalized spacial score (nSPS) is 18.0. The lowest BCUT2D eigenvalue weighted by Gasteiger charge is -2.33. The Morgan fingerprint density at radius 1 is 0.902 bits per heavy atom. The highest BCUT2D eigenvalue weighted by atomic mass is 16.5. The Morgan fingerprint density at radius 2 is 1.59 bits per heavy atom. The minimum Gasteiger partial charge on any atom is -0.496 e. The lowest BCUT2D eigenvalue weighted by atomic mass is 10.0. The van der Waals surface area contributed by atoms with Crippen LogP contribution in [0.1, 0.15) is 45.5 Å². The third-order valence-electron chi connectivity index (χ3n) is 7.52. The van der Waals surface area contributed by atoms with Crippen molar-refractivity contribution in [3.8, 4) is 5.75 Å². The lowest BCUT2D eigenvalue weighted by molar-refractivity contribution is -0.121. The molecule has 9 heteroatoms. The van der Waals surface area contributed by atoms with Gasteiger partial charge in [-0.1, -0.05) is 42.5 Å². The highest BCUT2D eigenvalue weighted by Crippen LogP contribution is 2.25. The number of rotatable bonds is 10. The first kappa shape index (κ1) is 28.2. The molecule has 2 amide bonds. The number of imide groups is 1. The molecule has 3 aromatic rings. The Labute approximate surface area is 239 Å². The van der Waals surface area contributed by atoms with E-state index in [4.69, 9.17) is 9.47 Å². The van der Waals surface area contributed by atoms with Crippen LogP contribution in [0.25, 0.3) is 0 Å². The number of esters is 1. The number of para-hydroxylation sites is 1. The minimum atomic E-state index is -0.683. The Morgan fingerprint density at radius 3 is 2.29 bits per heavy atom. The van der Waals surface area contributed by atoms with Crippen LogP contribution in [-0.2, 0) is 20.9 Å². The number of Topliss-reactive ketones (excluding diaryl/α,β-unsaturated/α-hetero) is 1. The van der Waals surface area contributed by atoms with Crippen LogP contribution in [0, 0.1) is 0 Å². The molecule has 0 radical (unpaired) electrons. The van der Waals surface area contributed by atoms with Crippen LogP contribution in [0.2, 0.25) is 0 Å². The average Bonchev–Trinajstić information content (AvgIpc) is 3.29. The van der Waals surface area contributed by atoms with Crippen LogP contribution in [0.4, 0.5) is 5.69 Å². The van der Waals surface area contributed by atoms with Gasteiger partial charge in [-0.3, -0.25) is 19.3 Å². The second-order valence-electron chi connectivity index (χ2n) is 10.3. The molecule has 2 heterocycles. The van der Waals surface area contributed by atoms with Crippen molar-refractivity contribution in [2.45, 2.75) is 37.9 Å². The van der Waals surface area contributed by atoms with Crippen molar-refractivity contribution in [3.63, 3.8) is 0 Å². The number of anilines is 1. The maximum absolute atomic E-state index is 13.2. The van der Waals surface area contributed by atoms with Crippen LogP contribution in [0.5, 0.6) is 5.75 Å². The van der Waals surface area contributed by atoms with Gasteiger partial charge >= 0.3 is 5.97 Å². The number of ether oxygens (including phenoxy) is 2. The van der Waals surface area contributed by atoms with E-state index in [-0.39, 0.29) is 35.6 Å². The maximum Gasteiger partial charge on any atom is 0.338 e. The zero-order chi connectivity index (χ0) is 28.8. The minimum absolute atomic E-state index is 0.0952. The van der Waals surface area contributed by atoms with Crippen molar-refractivity contribution in [1.29, 1.82) is 0 Å². The first-order valence-corrected chi connectivity index (χ1v) is 13.8. The van der Waals surface area contributed by atoms with Gasteiger partial charge < -0.3 is 14.8 Å². The number of amides is 2. The van der Waals surface area contributed by atoms with Crippen molar-refractivity contribution >= 4 is 29.3 Å². The third-order valence-corrected chi connectivity index (χ3v) is 7.52. The van der Waals surface area contributed by atoms with E-state index in [0.717, 1.165) is 32.5 Å². The van der Waals surface area contributed by atoms with Gasteiger partial charge in [0.1, 0.15) is 5.75 Å². The van der Waals surface area contributed by atoms with Crippen LogP contribution in [0.3, 0.4) is 0 Å². The van der Waals surface area contributed by atoms with Crippen LogP contribution in [-0.4, -0.2) is 67.4 Å². The number of carbonyl (C=O) groups excluding carboxylic acids is 4. The molecule has 3 aromatic carbocycles. The Balaban J connectivity index is 1.12. The summed E-state index contributed by atoms with van der Waals surface area (Å²) >= 11 is 0. The highest BCUT2D eigenvalue weighted by Gasteiger charge is 2.40. The number of nitrogens with zero attached hydrogens (tertiary/aromatic N) is 2. The van der Waals surface area contributed by atoms with E-state index in [9.17, 15) is 19.2 Å². The third kappa shape index (κ3) is 6.70. The summed E-state index contributed by atoms with van der Waals surface area (Å²) < 4.78 is 10.4. The molecule has 2 fully saturated rings. The Bertz CT molecular complexity index is 1400. The number of nitrogens with one attached hydrogen (secondary N) is 1. The van der Waals surface area contributed by atoms with E-state index in [1.165, 1.54) is 29.7 Å². The summed E-state index contributed by atoms with van der Waals surface area (Å²) in [6.07, 6.45) is 1.90. The van der Waals surface area contributed by atoms with Gasteiger partial charge in [0.05, 0.1) is 36.4 Å². The first-order chi connectivity index (χ1) is 19.9. The molecule has 9 nitrogen and oxygen atoms in total. The molecule has 5 rings (SSSR count). The molecule has 1 unspecified atom stereocenters. The summed E-state index contributed by atoms with van der Waals surface area (Å²) in [5.74, 6) is -1.25. The van der Waals surface area contributed by atoms with E-state index in [1.807, 2.05) is 18.2 Å². The quantitative estimate of drug-likeness (QED) is 0.230. The van der Waals surface area contributed by atoms with Gasteiger partial charge in [0.2, 0.25) is 11.7 Å². The maximum atomic E-state index is 13.2. The molecular formula is C32H33N3O6. The molecule has 2 aliphatic heterocycles. The van der Waals surface area contributed by atoms with Gasteiger partial charge in [0.25, 0.3) is 5.91 Å². The molecule has 2 aliphatic rings. The molecule has 0 spiro atoms. The van der Waals surface area contributed by atoms with Gasteiger partial charge in [-0.2, -0.15) is 0 Å². The van der Waals surface area contributed by atoms with Crippen LogP contribution >= 0.6 is 0 Å². The fourth-order valence-electron chi connectivity index (χ4n) is 5.33. The SMILES string of the molecule is COc1ccccc1C(=O)COC(=O)c1ccc(N2C(=O)CC(NC3CCN(Cc4ccccc4)CC3)C2=O)cc1. The largest absolute Gasteiger partial charge is 0.496 e. The van der Waals surface area contributed by atoms with E-state index >= 15 is 0 Å². The van der Waals surface area contributed by atoms with E-state index in [2.05, 4.69) is 22.3 Å². The average molecular weight is 556 g/mol. The molecule has 0 saturated carbocycles. The fourth-order valence-corrected chi connectivity index (χ4v) is 5.33. The van der Waals surface area contributed by atoms with Crippen molar-refractivity contribution in [2.24, 2.45) is 0 Å². The first-order valence-electron chi connectivity index (χ1n) is 13.8. The molecule has 0 bridgehead atoms. The summed E-state index contributed by atoms with van der Waals surface area (Å²) in [5, 5.41) is 3.41. The number of carbonyl (C=O) groups is 4. The molecule has 212 valence electrons.